The smallest absolute Gasteiger partial charge is 0.0240 e. The van der Waals surface area contributed by atoms with Gasteiger partial charge >= 0.3 is 0 Å². The van der Waals surface area contributed by atoms with Crippen molar-refractivity contribution < 1.29 is 0 Å². The van der Waals surface area contributed by atoms with E-state index in [0.717, 1.165) is 18.7 Å². The van der Waals surface area contributed by atoms with E-state index >= 15 is 0 Å². The van der Waals surface area contributed by atoms with Crippen molar-refractivity contribution in [2.45, 2.75) is 13.5 Å². The predicted octanol–water partition coefficient (Wildman–Crippen LogP) is 4.41. The predicted molar refractivity (Wildman–Crippen MR) is 92.0 cm³/mol. The first-order chi connectivity index (χ1) is 10.2. The summed E-state index contributed by atoms with van der Waals surface area (Å²) in [6.45, 7) is 7.48. The molecule has 0 saturated carbocycles. The van der Waals surface area contributed by atoms with Gasteiger partial charge in [-0.1, -0.05) is 67.0 Å². The van der Waals surface area contributed by atoms with Crippen LogP contribution in [-0.2, 0) is 6.54 Å². The van der Waals surface area contributed by atoms with Crippen molar-refractivity contribution in [1.82, 2.24) is 4.90 Å². The van der Waals surface area contributed by atoms with E-state index in [1.165, 1.54) is 16.3 Å². The van der Waals surface area contributed by atoms with Crippen LogP contribution in [0.2, 0.25) is 0 Å². The molecule has 2 aromatic carbocycles. The fourth-order valence-electron chi connectivity index (χ4n) is 2.24. The number of likely N-dealkylation sites (N-methyl/N-ethyl adjacent to an activating group) is 1. The van der Waals surface area contributed by atoms with Crippen LogP contribution >= 0.6 is 0 Å². The van der Waals surface area contributed by atoms with Crippen LogP contribution < -0.4 is 0 Å². The molecule has 0 fully saturated rings. The minimum atomic E-state index is 0.883. The van der Waals surface area contributed by atoms with Crippen LogP contribution in [0, 0.1) is 11.8 Å². The van der Waals surface area contributed by atoms with Gasteiger partial charge in [-0.3, -0.25) is 4.90 Å². The van der Waals surface area contributed by atoms with Gasteiger partial charge in [0.25, 0.3) is 0 Å². The molecule has 0 amide bonds. The Bertz CT molecular complexity index is 708. The van der Waals surface area contributed by atoms with E-state index in [9.17, 15) is 0 Å². The minimum absolute atomic E-state index is 0.883. The molecule has 2 aromatic rings. The lowest BCUT2D eigenvalue weighted by atomic mass is 10.0. The Labute approximate surface area is 127 Å². The van der Waals surface area contributed by atoms with Gasteiger partial charge < -0.3 is 0 Å². The van der Waals surface area contributed by atoms with Crippen molar-refractivity contribution in [2.24, 2.45) is 0 Å². The summed E-state index contributed by atoms with van der Waals surface area (Å²) in [7, 11) is 2.12. The van der Waals surface area contributed by atoms with Crippen LogP contribution in [0.25, 0.3) is 10.8 Å². The van der Waals surface area contributed by atoms with Gasteiger partial charge in [0.05, 0.1) is 0 Å². The third-order valence-corrected chi connectivity index (χ3v) is 3.22. The van der Waals surface area contributed by atoms with Crippen LogP contribution in [0.4, 0.5) is 0 Å². The lowest BCUT2D eigenvalue weighted by Gasteiger charge is -2.15. The van der Waals surface area contributed by atoms with E-state index < -0.39 is 0 Å². The fourth-order valence-corrected chi connectivity index (χ4v) is 2.24. The van der Waals surface area contributed by atoms with Crippen LogP contribution in [-0.4, -0.2) is 18.5 Å². The Morgan fingerprint density at radius 2 is 1.95 bits per heavy atom. The molecular weight excluding hydrogens is 254 g/mol. The summed E-state index contributed by atoms with van der Waals surface area (Å²) in [6, 6.07) is 15.0. The molecule has 0 aliphatic heterocycles. The molecule has 2 rings (SSSR count). The second-order valence-electron chi connectivity index (χ2n) is 5.29. The summed E-state index contributed by atoms with van der Waals surface area (Å²) < 4.78 is 0. The fraction of sp³-hybridized carbons (Fsp3) is 0.200. The highest BCUT2D eigenvalue weighted by molar-refractivity contribution is 5.85. The molecule has 1 heteroatoms. The van der Waals surface area contributed by atoms with E-state index in [4.69, 9.17) is 0 Å². The summed E-state index contributed by atoms with van der Waals surface area (Å²) in [4.78, 5) is 2.28. The van der Waals surface area contributed by atoms with Gasteiger partial charge in [0.2, 0.25) is 0 Å². The van der Waals surface area contributed by atoms with Gasteiger partial charge in [0.15, 0.2) is 0 Å². The summed E-state index contributed by atoms with van der Waals surface area (Å²) in [5.74, 6) is 5.92. The minimum Gasteiger partial charge on any atom is -0.298 e. The van der Waals surface area contributed by atoms with Crippen molar-refractivity contribution >= 4 is 10.8 Å². The van der Waals surface area contributed by atoms with E-state index in [2.05, 4.69) is 78.9 Å². The number of nitrogens with zero attached hydrogens (tertiary/aromatic N) is 1. The molecule has 0 aliphatic carbocycles. The number of fused-ring (bicyclic) bond motifs is 1. The highest BCUT2D eigenvalue weighted by Crippen LogP contribution is 2.19. The maximum atomic E-state index is 3.75. The molecule has 0 unspecified atom stereocenters. The monoisotopic (exact) mass is 275 g/mol. The van der Waals surface area contributed by atoms with Crippen molar-refractivity contribution in [3.63, 3.8) is 0 Å². The Balaban J connectivity index is 2.01. The zero-order valence-corrected chi connectivity index (χ0v) is 12.8. The van der Waals surface area contributed by atoms with Crippen molar-refractivity contribution in [2.75, 3.05) is 13.6 Å². The first kappa shape index (κ1) is 15.1. The van der Waals surface area contributed by atoms with E-state index in [0.29, 0.717) is 0 Å². The van der Waals surface area contributed by atoms with Crippen LogP contribution in [0.15, 0.2) is 66.8 Å². The number of allylic oxidation sites excluding steroid dienone is 2. The van der Waals surface area contributed by atoms with Gasteiger partial charge in [0, 0.05) is 13.1 Å². The zero-order chi connectivity index (χ0) is 15.1. The highest BCUT2D eigenvalue weighted by atomic mass is 15.1. The van der Waals surface area contributed by atoms with Crippen molar-refractivity contribution in [3.8, 4) is 11.8 Å². The summed E-state index contributed by atoms with van der Waals surface area (Å²) in [5.41, 5.74) is 2.25. The van der Waals surface area contributed by atoms with E-state index in [1.54, 1.807) is 0 Å². The molecule has 106 valence electrons. The second kappa shape index (κ2) is 7.47. The molecule has 0 spiro atoms. The topological polar surface area (TPSA) is 3.24 Å². The third-order valence-electron chi connectivity index (χ3n) is 3.22. The molecule has 1 nitrogen and oxygen atoms in total. The largest absolute Gasteiger partial charge is 0.298 e. The Kier molecular flexibility index (Phi) is 5.37. The number of rotatable bonds is 4. The average molecular weight is 275 g/mol. The molecule has 0 aromatic heterocycles. The third kappa shape index (κ3) is 4.63. The Morgan fingerprint density at radius 1 is 1.19 bits per heavy atom. The highest BCUT2D eigenvalue weighted by Gasteiger charge is 2.02. The molecule has 0 N–H and O–H groups in total. The first-order valence-corrected chi connectivity index (χ1v) is 7.14. The molecule has 0 aliphatic rings. The summed E-state index contributed by atoms with van der Waals surface area (Å²) in [5, 5.41) is 2.63. The summed E-state index contributed by atoms with van der Waals surface area (Å²) >= 11 is 0. The lowest BCUT2D eigenvalue weighted by Crippen LogP contribution is -2.17. The van der Waals surface area contributed by atoms with Crippen LogP contribution in [0.3, 0.4) is 0 Å². The average Bonchev–Trinajstić information content (AvgIpc) is 2.47. The maximum Gasteiger partial charge on any atom is 0.0240 e. The molecule has 0 radical (unpaired) electrons. The first-order valence-electron chi connectivity index (χ1n) is 7.14. The lowest BCUT2D eigenvalue weighted by molar-refractivity contribution is 0.365. The van der Waals surface area contributed by atoms with Crippen LogP contribution in [0.1, 0.15) is 12.5 Å². The summed E-state index contributed by atoms with van der Waals surface area (Å²) in [6.07, 6.45) is 3.98. The standard InChI is InChI=1S/C20H21N/c1-17(2)10-5-4-8-15-21(3)16-19-13-9-12-18-11-6-7-14-20(18)19/h4,6-9,11-14H,1,15-16H2,2-3H3/b8-4+. The Hall–Kier alpha value is -2.30. The molecule has 0 atom stereocenters. The van der Waals surface area contributed by atoms with Crippen molar-refractivity contribution in [1.29, 1.82) is 0 Å². The molecule has 0 bridgehead atoms. The molecular formula is C20H21N. The molecule has 0 saturated heterocycles. The van der Waals surface area contributed by atoms with Gasteiger partial charge in [-0.15, -0.1) is 0 Å². The van der Waals surface area contributed by atoms with Gasteiger partial charge in [-0.05, 0) is 42.0 Å². The normalized spacial score (nSPS) is 10.8. The second-order valence-corrected chi connectivity index (χ2v) is 5.29. The quantitative estimate of drug-likeness (QED) is 0.747. The molecule has 0 heterocycles. The maximum absolute atomic E-state index is 3.75. The van der Waals surface area contributed by atoms with Gasteiger partial charge in [-0.25, -0.2) is 0 Å². The molecule has 21 heavy (non-hydrogen) atoms. The SMILES string of the molecule is C=C(C)C#C/C=C/CN(C)Cc1cccc2ccccc12. The van der Waals surface area contributed by atoms with Gasteiger partial charge in [0.1, 0.15) is 0 Å². The number of benzene rings is 2. The number of hydrogen-bond donors (Lipinski definition) is 0. The van der Waals surface area contributed by atoms with Crippen LogP contribution in [0.5, 0.6) is 0 Å². The van der Waals surface area contributed by atoms with E-state index in [-0.39, 0.29) is 0 Å². The van der Waals surface area contributed by atoms with E-state index in [1.807, 2.05) is 13.0 Å². The number of hydrogen-bond acceptors (Lipinski definition) is 1. The zero-order valence-electron chi connectivity index (χ0n) is 12.8. The Morgan fingerprint density at radius 3 is 2.76 bits per heavy atom. The van der Waals surface area contributed by atoms with Crippen molar-refractivity contribution in [3.05, 3.63) is 72.3 Å². The van der Waals surface area contributed by atoms with Gasteiger partial charge in [-0.2, -0.15) is 0 Å².